The standard InChI is InChI=1S/C16H14BrNO2/c1-9-2-3-12(18)8-13(9)15(19)14-7-11(17)6-10-4-5-20-16(10)14/h2-3,6-8H,4-5,18H2,1H3. The summed E-state index contributed by atoms with van der Waals surface area (Å²) < 4.78 is 6.52. The number of aryl methyl sites for hydroxylation is 1. The van der Waals surface area contributed by atoms with Crippen LogP contribution in [0.25, 0.3) is 0 Å². The molecule has 0 amide bonds. The van der Waals surface area contributed by atoms with E-state index >= 15 is 0 Å². The fraction of sp³-hybridized carbons (Fsp3) is 0.188. The van der Waals surface area contributed by atoms with Gasteiger partial charge < -0.3 is 10.5 Å². The molecule has 0 aromatic heterocycles. The normalized spacial score (nSPS) is 12.9. The molecule has 1 aliphatic heterocycles. The van der Waals surface area contributed by atoms with Gasteiger partial charge in [-0.15, -0.1) is 0 Å². The lowest BCUT2D eigenvalue weighted by atomic mass is 9.96. The zero-order valence-electron chi connectivity index (χ0n) is 11.1. The molecule has 0 saturated carbocycles. The van der Waals surface area contributed by atoms with Crippen LogP contribution in [0.1, 0.15) is 27.0 Å². The van der Waals surface area contributed by atoms with Crippen LogP contribution in [0.4, 0.5) is 5.69 Å². The van der Waals surface area contributed by atoms with E-state index < -0.39 is 0 Å². The Kier molecular flexibility index (Phi) is 3.26. The molecule has 0 aliphatic carbocycles. The van der Waals surface area contributed by atoms with E-state index in [4.69, 9.17) is 10.5 Å². The Hall–Kier alpha value is -1.81. The minimum Gasteiger partial charge on any atom is -0.492 e. The summed E-state index contributed by atoms with van der Waals surface area (Å²) in [6.07, 6.45) is 0.838. The van der Waals surface area contributed by atoms with Gasteiger partial charge in [-0.25, -0.2) is 0 Å². The zero-order chi connectivity index (χ0) is 14.3. The quantitative estimate of drug-likeness (QED) is 0.676. The lowest BCUT2D eigenvalue weighted by Gasteiger charge is -2.10. The van der Waals surface area contributed by atoms with Crippen molar-refractivity contribution in [3.63, 3.8) is 0 Å². The summed E-state index contributed by atoms with van der Waals surface area (Å²) in [5.41, 5.74) is 9.59. The molecule has 0 bridgehead atoms. The Bertz CT molecular complexity index is 710. The number of nitrogen functional groups attached to an aromatic ring is 1. The first kappa shape index (κ1) is 13.2. The van der Waals surface area contributed by atoms with Crippen LogP contribution in [0.5, 0.6) is 5.75 Å². The molecule has 4 heteroatoms. The number of carbonyl (C=O) groups is 1. The van der Waals surface area contributed by atoms with Gasteiger partial charge in [-0.2, -0.15) is 0 Å². The first-order chi connectivity index (χ1) is 9.56. The van der Waals surface area contributed by atoms with E-state index in [0.717, 1.165) is 22.0 Å². The summed E-state index contributed by atoms with van der Waals surface area (Å²) in [5.74, 6) is 0.661. The predicted octanol–water partition coefficient (Wildman–Crippen LogP) is 3.51. The molecule has 102 valence electrons. The van der Waals surface area contributed by atoms with E-state index in [-0.39, 0.29) is 5.78 Å². The number of hydrogen-bond acceptors (Lipinski definition) is 3. The highest BCUT2D eigenvalue weighted by molar-refractivity contribution is 9.10. The van der Waals surface area contributed by atoms with Crippen LogP contribution in [0.2, 0.25) is 0 Å². The molecule has 0 spiro atoms. The topological polar surface area (TPSA) is 52.3 Å². The lowest BCUT2D eigenvalue weighted by Crippen LogP contribution is -2.06. The van der Waals surface area contributed by atoms with Crippen LogP contribution in [0.3, 0.4) is 0 Å². The zero-order valence-corrected chi connectivity index (χ0v) is 12.7. The van der Waals surface area contributed by atoms with Crippen molar-refractivity contribution in [2.24, 2.45) is 0 Å². The van der Waals surface area contributed by atoms with Crippen molar-refractivity contribution >= 4 is 27.4 Å². The molecule has 3 rings (SSSR count). The van der Waals surface area contributed by atoms with Crippen molar-refractivity contribution in [1.29, 1.82) is 0 Å². The van der Waals surface area contributed by atoms with Gasteiger partial charge in [-0.1, -0.05) is 22.0 Å². The maximum atomic E-state index is 12.8. The summed E-state index contributed by atoms with van der Waals surface area (Å²) in [5, 5.41) is 0. The van der Waals surface area contributed by atoms with Gasteiger partial charge in [0, 0.05) is 22.1 Å². The van der Waals surface area contributed by atoms with E-state index in [2.05, 4.69) is 15.9 Å². The third kappa shape index (κ3) is 2.20. The summed E-state index contributed by atoms with van der Waals surface area (Å²) in [4.78, 5) is 12.8. The highest BCUT2D eigenvalue weighted by Crippen LogP contribution is 2.34. The molecule has 0 atom stereocenters. The van der Waals surface area contributed by atoms with E-state index in [1.165, 1.54) is 0 Å². The number of halogens is 1. The highest BCUT2D eigenvalue weighted by atomic mass is 79.9. The monoisotopic (exact) mass is 331 g/mol. The van der Waals surface area contributed by atoms with Crippen molar-refractivity contribution < 1.29 is 9.53 Å². The molecule has 0 unspecified atom stereocenters. The molecule has 0 radical (unpaired) electrons. The smallest absolute Gasteiger partial charge is 0.197 e. The van der Waals surface area contributed by atoms with Crippen LogP contribution >= 0.6 is 15.9 Å². The number of hydrogen-bond donors (Lipinski definition) is 1. The fourth-order valence-electron chi connectivity index (χ4n) is 2.47. The Morgan fingerprint density at radius 2 is 2.05 bits per heavy atom. The molecule has 1 aliphatic rings. The van der Waals surface area contributed by atoms with Crippen molar-refractivity contribution in [3.05, 3.63) is 57.1 Å². The second-order valence-electron chi connectivity index (χ2n) is 4.94. The Labute approximate surface area is 125 Å². The summed E-state index contributed by atoms with van der Waals surface area (Å²) >= 11 is 3.46. The second-order valence-corrected chi connectivity index (χ2v) is 5.86. The van der Waals surface area contributed by atoms with E-state index in [1.54, 1.807) is 12.1 Å². The molecular formula is C16H14BrNO2. The SMILES string of the molecule is Cc1ccc(N)cc1C(=O)c1cc(Br)cc2c1OCC2. The number of ketones is 1. The van der Waals surface area contributed by atoms with Crippen LogP contribution in [-0.2, 0) is 6.42 Å². The van der Waals surface area contributed by atoms with Crippen LogP contribution in [0, 0.1) is 6.92 Å². The van der Waals surface area contributed by atoms with Gasteiger partial charge in [-0.3, -0.25) is 4.79 Å². The van der Waals surface area contributed by atoms with Gasteiger partial charge in [0.25, 0.3) is 0 Å². The van der Waals surface area contributed by atoms with Gasteiger partial charge in [-0.05, 0) is 42.3 Å². The van der Waals surface area contributed by atoms with E-state index in [9.17, 15) is 4.79 Å². The van der Waals surface area contributed by atoms with Gasteiger partial charge in [0.15, 0.2) is 5.78 Å². The average molecular weight is 332 g/mol. The minimum absolute atomic E-state index is 0.0470. The largest absolute Gasteiger partial charge is 0.492 e. The molecule has 1 heterocycles. The van der Waals surface area contributed by atoms with Gasteiger partial charge in [0.05, 0.1) is 12.2 Å². The molecule has 2 aromatic carbocycles. The molecular weight excluding hydrogens is 318 g/mol. The number of ether oxygens (including phenoxy) is 1. The molecule has 0 fully saturated rings. The molecule has 2 aromatic rings. The third-order valence-corrected chi connectivity index (χ3v) is 3.96. The minimum atomic E-state index is -0.0470. The summed E-state index contributed by atoms with van der Waals surface area (Å²) in [6.45, 7) is 2.54. The van der Waals surface area contributed by atoms with Crippen molar-refractivity contribution in [3.8, 4) is 5.75 Å². The van der Waals surface area contributed by atoms with Crippen molar-refractivity contribution in [1.82, 2.24) is 0 Å². The summed E-state index contributed by atoms with van der Waals surface area (Å²) in [6, 6.07) is 9.20. The average Bonchev–Trinajstić information content (AvgIpc) is 2.87. The first-order valence-corrected chi connectivity index (χ1v) is 7.21. The Morgan fingerprint density at radius 3 is 2.85 bits per heavy atom. The Balaban J connectivity index is 2.14. The summed E-state index contributed by atoms with van der Waals surface area (Å²) in [7, 11) is 0. The van der Waals surface area contributed by atoms with Crippen molar-refractivity contribution in [2.45, 2.75) is 13.3 Å². The van der Waals surface area contributed by atoms with Crippen LogP contribution < -0.4 is 10.5 Å². The van der Waals surface area contributed by atoms with Gasteiger partial charge >= 0.3 is 0 Å². The number of benzene rings is 2. The maximum Gasteiger partial charge on any atom is 0.197 e. The molecule has 20 heavy (non-hydrogen) atoms. The number of rotatable bonds is 2. The number of carbonyl (C=O) groups excluding carboxylic acids is 1. The molecule has 0 saturated heterocycles. The number of anilines is 1. The van der Waals surface area contributed by atoms with E-state index in [1.807, 2.05) is 25.1 Å². The van der Waals surface area contributed by atoms with Gasteiger partial charge in [0.2, 0.25) is 0 Å². The van der Waals surface area contributed by atoms with Crippen molar-refractivity contribution in [2.75, 3.05) is 12.3 Å². The second kappa shape index (κ2) is 4.94. The molecule has 3 nitrogen and oxygen atoms in total. The Morgan fingerprint density at radius 1 is 1.25 bits per heavy atom. The maximum absolute atomic E-state index is 12.8. The third-order valence-electron chi connectivity index (χ3n) is 3.50. The van der Waals surface area contributed by atoms with Crippen LogP contribution in [0.15, 0.2) is 34.8 Å². The van der Waals surface area contributed by atoms with E-state index in [0.29, 0.717) is 29.2 Å². The lowest BCUT2D eigenvalue weighted by molar-refractivity contribution is 0.103. The van der Waals surface area contributed by atoms with Crippen LogP contribution in [-0.4, -0.2) is 12.4 Å². The highest BCUT2D eigenvalue weighted by Gasteiger charge is 2.23. The molecule has 2 N–H and O–H groups in total. The fourth-order valence-corrected chi connectivity index (χ4v) is 2.97. The first-order valence-electron chi connectivity index (χ1n) is 6.42. The van der Waals surface area contributed by atoms with Gasteiger partial charge in [0.1, 0.15) is 5.75 Å². The number of nitrogens with two attached hydrogens (primary N) is 1. The predicted molar refractivity (Wildman–Crippen MR) is 82.4 cm³/mol. The number of fused-ring (bicyclic) bond motifs is 1.